The van der Waals surface area contributed by atoms with Gasteiger partial charge in [-0.25, -0.2) is 4.98 Å². The summed E-state index contributed by atoms with van der Waals surface area (Å²) in [5.41, 5.74) is 1.21. The summed E-state index contributed by atoms with van der Waals surface area (Å²) < 4.78 is 5.57. The average Bonchev–Trinajstić information content (AvgIpc) is 2.49. The summed E-state index contributed by atoms with van der Waals surface area (Å²) >= 11 is 0. The molecule has 1 aliphatic heterocycles. The van der Waals surface area contributed by atoms with Gasteiger partial charge in [-0.15, -0.1) is 12.4 Å². The Kier molecular flexibility index (Phi) is 4.81. The molecule has 4 nitrogen and oxygen atoms in total. The van der Waals surface area contributed by atoms with Gasteiger partial charge >= 0.3 is 0 Å². The van der Waals surface area contributed by atoms with Crippen LogP contribution in [0.25, 0.3) is 0 Å². The topological polar surface area (TPSA) is 42.4 Å². The van der Waals surface area contributed by atoms with Crippen molar-refractivity contribution in [3.63, 3.8) is 0 Å². The van der Waals surface area contributed by atoms with Gasteiger partial charge in [0.25, 0.3) is 5.91 Å². The number of rotatable bonds is 3. The molecule has 0 N–H and O–H groups in total. The van der Waals surface area contributed by atoms with Crippen molar-refractivity contribution >= 4 is 24.1 Å². The number of benzene rings is 1. The second kappa shape index (κ2) is 6.59. The molecule has 0 bridgehead atoms. The van der Waals surface area contributed by atoms with Gasteiger partial charge in [-0.2, -0.15) is 0 Å². The van der Waals surface area contributed by atoms with Crippen LogP contribution in [0.1, 0.15) is 12.5 Å². The number of amides is 1. The molecule has 0 spiro atoms. The predicted molar refractivity (Wildman–Crippen MR) is 84.1 cm³/mol. The van der Waals surface area contributed by atoms with Crippen LogP contribution in [-0.4, -0.2) is 23.5 Å². The number of hydrogen-bond donors (Lipinski definition) is 0. The highest BCUT2D eigenvalue weighted by atomic mass is 35.5. The second-order valence-corrected chi connectivity index (χ2v) is 4.81. The van der Waals surface area contributed by atoms with Crippen LogP contribution in [0.15, 0.2) is 48.7 Å². The van der Waals surface area contributed by atoms with Crippen LogP contribution in [0.4, 0.5) is 5.82 Å². The summed E-state index contributed by atoms with van der Waals surface area (Å²) in [5, 5.41) is 0. The van der Waals surface area contributed by atoms with Gasteiger partial charge in [-0.1, -0.05) is 30.3 Å². The van der Waals surface area contributed by atoms with Crippen molar-refractivity contribution in [1.29, 1.82) is 0 Å². The Bertz CT molecular complexity index is 619. The largest absolute Gasteiger partial charge is 0.477 e. The highest BCUT2D eigenvalue weighted by molar-refractivity contribution is 5.98. The van der Waals surface area contributed by atoms with Crippen LogP contribution in [0, 0.1) is 0 Å². The monoisotopic (exact) mass is 304 g/mol. The lowest BCUT2D eigenvalue weighted by atomic mass is 10.1. The molecule has 1 aromatic carbocycles. The predicted octanol–water partition coefficient (Wildman–Crippen LogP) is 2.86. The van der Waals surface area contributed by atoms with Crippen molar-refractivity contribution in [1.82, 2.24) is 4.98 Å². The zero-order valence-corrected chi connectivity index (χ0v) is 12.5. The molecular formula is C16H17ClN2O2. The minimum Gasteiger partial charge on any atom is -0.477 e. The molecule has 1 unspecified atom stereocenters. The molecule has 5 heteroatoms. The van der Waals surface area contributed by atoms with E-state index >= 15 is 0 Å². The van der Waals surface area contributed by atoms with Crippen LogP contribution in [0.2, 0.25) is 0 Å². The molecule has 3 rings (SSSR count). The zero-order chi connectivity index (χ0) is 13.9. The summed E-state index contributed by atoms with van der Waals surface area (Å²) in [7, 11) is 0. The fraction of sp³-hybridized carbons (Fsp3) is 0.250. The Morgan fingerprint density at radius 3 is 2.71 bits per heavy atom. The molecule has 21 heavy (non-hydrogen) atoms. The van der Waals surface area contributed by atoms with Gasteiger partial charge in [0.2, 0.25) is 0 Å². The number of nitrogens with zero attached hydrogens (tertiary/aromatic N) is 2. The minimum atomic E-state index is -0.456. The first kappa shape index (κ1) is 15.3. The first-order valence-electron chi connectivity index (χ1n) is 6.72. The van der Waals surface area contributed by atoms with Crippen molar-refractivity contribution in [3.05, 3.63) is 54.2 Å². The van der Waals surface area contributed by atoms with Crippen LogP contribution >= 0.6 is 12.4 Å². The normalized spacial score (nSPS) is 16.7. The van der Waals surface area contributed by atoms with Crippen LogP contribution < -0.4 is 9.64 Å². The highest BCUT2D eigenvalue weighted by Crippen LogP contribution is 2.31. The smallest absolute Gasteiger partial charge is 0.269 e. The highest BCUT2D eigenvalue weighted by Gasteiger charge is 2.31. The number of ether oxygens (including phenoxy) is 1. The van der Waals surface area contributed by atoms with Gasteiger partial charge in [0.1, 0.15) is 0 Å². The number of carbonyl (C=O) groups excluding carboxylic acids is 1. The molecule has 1 aromatic heterocycles. The summed E-state index contributed by atoms with van der Waals surface area (Å²) in [4.78, 5) is 18.3. The van der Waals surface area contributed by atoms with Crippen molar-refractivity contribution < 1.29 is 9.53 Å². The minimum absolute atomic E-state index is 0. The van der Waals surface area contributed by atoms with Gasteiger partial charge in [-0.05, 0) is 31.0 Å². The number of carbonyl (C=O) groups is 1. The standard InChI is InChI=1S/C16H16N2O2.ClH/c1-12-16(19)18(11-9-13-6-3-2-4-7-13)15-14(20-12)8-5-10-17-15;/h2-8,10,12H,9,11H2,1H3;1H. The quantitative estimate of drug-likeness (QED) is 0.875. The van der Waals surface area contributed by atoms with Gasteiger partial charge < -0.3 is 4.74 Å². The van der Waals surface area contributed by atoms with E-state index in [9.17, 15) is 4.79 Å². The summed E-state index contributed by atoms with van der Waals surface area (Å²) in [5.74, 6) is 1.26. The summed E-state index contributed by atoms with van der Waals surface area (Å²) in [6, 6.07) is 13.8. The van der Waals surface area contributed by atoms with Crippen molar-refractivity contribution in [2.24, 2.45) is 0 Å². The molecule has 0 aliphatic carbocycles. The van der Waals surface area contributed by atoms with Crippen LogP contribution in [0.3, 0.4) is 0 Å². The lowest BCUT2D eigenvalue weighted by molar-refractivity contribution is -0.125. The van der Waals surface area contributed by atoms with E-state index < -0.39 is 6.10 Å². The van der Waals surface area contributed by atoms with Gasteiger partial charge in [0.15, 0.2) is 17.7 Å². The third-order valence-corrected chi connectivity index (χ3v) is 3.39. The molecule has 0 saturated heterocycles. The molecule has 110 valence electrons. The van der Waals surface area contributed by atoms with E-state index in [0.29, 0.717) is 18.1 Å². The number of aromatic nitrogens is 1. The fourth-order valence-corrected chi connectivity index (χ4v) is 2.34. The van der Waals surface area contributed by atoms with Crippen molar-refractivity contribution in [2.45, 2.75) is 19.4 Å². The maximum atomic E-state index is 12.3. The van der Waals surface area contributed by atoms with Crippen molar-refractivity contribution in [2.75, 3.05) is 11.4 Å². The van der Waals surface area contributed by atoms with Crippen LogP contribution in [0.5, 0.6) is 5.75 Å². The Morgan fingerprint density at radius 1 is 1.19 bits per heavy atom. The van der Waals surface area contributed by atoms with Gasteiger partial charge in [0.05, 0.1) is 0 Å². The Labute approximate surface area is 130 Å². The second-order valence-electron chi connectivity index (χ2n) is 4.81. The third kappa shape index (κ3) is 3.16. The maximum Gasteiger partial charge on any atom is 0.269 e. The zero-order valence-electron chi connectivity index (χ0n) is 11.7. The van der Waals surface area contributed by atoms with Gasteiger partial charge in [-0.3, -0.25) is 9.69 Å². The lowest BCUT2D eigenvalue weighted by Gasteiger charge is -2.31. The fourth-order valence-electron chi connectivity index (χ4n) is 2.34. The molecule has 0 saturated carbocycles. The van der Waals surface area contributed by atoms with Crippen molar-refractivity contribution in [3.8, 4) is 5.75 Å². The first-order valence-corrected chi connectivity index (χ1v) is 6.72. The summed E-state index contributed by atoms with van der Waals surface area (Å²) in [6.07, 6.45) is 2.03. The molecule has 1 aliphatic rings. The Hall–Kier alpha value is -2.07. The van der Waals surface area contributed by atoms with E-state index in [1.165, 1.54) is 5.56 Å². The Balaban J connectivity index is 0.00000161. The first-order chi connectivity index (χ1) is 9.75. The molecule has 0 radical (unpaired) electrons. The average molecular weight is 305 g/mol. The molecule has 0 fully saturated rings. The molecule has 2 aromatic rings. The number of anilines is 1. The number of fused-ring (bicyclic) bond motifs is 1. The maximum absolute atomic E-state index is 12.3. The number of halogens is 1. The SMILES string of the molecule is CC1Oc2cccnc2N(CCc2ccccc2)C1=O.Cl. The third-order valence-electron chi connectivity index (χ3n) is 3.39. The summed E-state index contributed by atoms with van der Waals surface area (Å²) in [6.45, 7) is 2.38. The van der Waals surface area contributed by atoms with E-state index in [1.54, 1.807) is 18.0 Å². The Morgan fingerprint density at radius 2 is 1.95 bits per heavy atom. The van der Waals surface area contributed by atoms with Gasteiger partial charge in [0, 0.05) is 12.7 Å². The van der Waals surface area contributed by atoms with E-state index in [-0.39, 0.29) is 18.3 Å². The van der Waals surface area contributed by atoms with E-state index in [0.717, 1.165) is 6.42 Å². The van der Waals surface area contributed by atoms with Crippen LogP contribution in [-0.2, 0) is 11.2 Å². The molecule has 2 heterocycles. The molecular weight excluding hydrogens is 288 g/mol. The molecule has 1 atom stereocenters. The van der Waals surface area contributed by atoms with E-state index in [4.69, 9.17) is 4.74 Å². The van der Waals surface area contributed by atoms with E-state index in [1.807, 2.05) is 30.3 Å². The lowest BCUT2D eigenvalue weighted by Crippen LogP contribution is -2.45. The number of pyridine rings is 1. The molecule has 1 amide bonds. The van der Waals surface area contributed by atoms with E-state index in [2.05, 4.69) is 17.1 Å². The number of hydrogen-bond acceptors (Lipinski definition) is 3.